The Labute approximate surface area is 79.8 Å². The Morgan fingerprint density at radius 3 is 2.17 bits per heavy atom. The van der Waals surface area contributed by atoms with Crippen molar-refractivity contribution in [3.8, 4) is 0 Å². The van der Waals surface area contributed by atoms with E-state index in [9.17, 15) is 0 Å². The molecule has 1 heteroatoms. The summed E-state index contributed by atoms with van der Waals surface area (Å²) in [7, 11) is 0. The molecule has 0 unspecified atom stereocenters. The fourth-order valence-electron chi connectivity index (χ4n) is 1.66. The molecule has 0 bridgehead atoms. The van der Waals surface area contributed by atoms with Crippen LogP contribution in [-0.2, 0) is 0 Å². The van der Waals surface area contributed by atoms with Crippen LogP contribution in [0.15, 0.2) is 11.6 Å². The zero-order valence-electron chi connectivity index (χ0n) is 8.82. The number of hydrogen-bond acceptors (Lipinski definition) is 0. The van der Waals surface area contributed by atoms with Crippen LogP contribution in [0, 0.1) is 0 Å². The zero-order valence-corrected chi connectivity index (χ0v) is 10.9. The van der Waals surface area contributed by atoms with Crippen LogP contribution in [0.5, 0.6) is 0 Å². The second-order valence-electron chi connectivity index (χ2n) is 5.19. The maximum atomic E-state index is 2.57. The molecule has 0 heterocycles. The maximum absolute atomic E-state index is 2.57. The predicted molar refractivity (Wildman–Crippen MR) is 59.3 cm³/mol. The molecule has 0 atom stereocenters. The van der Waals surface area contributed by atoms with Gasteiger partial charge in [-0.15, -0.1) is 0 Å². The second kappa shape index (κ2) is 4.50. The predicted octanol–water partition coefficient (Wildman–Crippen LogP) is 4.22. The summed E-state index contributed by atoms with van der Waals surface area (Å²) in [5.74, 6) is 7.50. The van der Waals surface area contributed by atoms with Gasteiger partial charge < -0.3 is 0 Å². The van der Waals surface area contributed by atoms with E-state index in [2.05, 4.69) is 23.3 Å². The van der Waals surface area contributed by atoms with E-state index in [4.69, 9.17) is 0 Å². The average Bonchev–Trinajstić information content (AvgIpc) is 2.02. The summed E-state index contributed by atoms with van der Waals surface area (Å²) in [4.78, 5) is 0. The van der Waals surface area contributed by atoms with Crippen molar-refractivity contribution in [3.05, 3.63) is 11.6 Å². The SMILES string of the molecule is [CH3][Ge]([CH3])([CH3])[CH2]C=C1CCCCC1. The first-order chi connectivity index (χ1) is 5.58. The Morgan fingerprint density at radius 2 is 1.67 bits per heavy atom. The van der Waals surface area contributed by atoms with Crippen LogP contribution in [0.25, 0.3) is 0 Å². The van der Waals surface area contributed by atoms with Crippen molar-refractivity contribution in [2.24, 2.45) is 0 Å². The molecule has 1 fully saturated rings. The van der Waals surface area contributed by atoms with E-state index >= 15 is 0 Å². The van der Waals surface area contributed by atoms with Gasteiger partial charge in [0.05, 0.1) is 0 Å². The Balaban J connectivity index is 2.35. The van der Waals surface area contributed by atoms with Gasteiger partial charge in [0, 0.05) is 0 Å². The van der Waals surface area contributed by atoms with Gasteiger partial charge in [-0.1, -0.05) is 0 Å². The molecule has 1 aliphatic rings. The minimum absolute atomic E-state index is 1.27. The average molecular weight is 227 g/mol. The van der Waals surface area contributed by atoms with Gasteiger partial charge in [-0.3, -0.25) is 0 Å². The second-order valence-corrected chi connectivity index (χ2v) is 16.8. The summed E-state index contributed by atoms with van der Waals surface area (Å²) < 4.78 is 0. The van der Waals surface area contributed by atoms with E-state index in [1.807, 2.05) is 0 Å². The third-order valence-corrected chi connectivity index (χ3v) is 5.50. The van der Waals surface area contributed by atoms with E-state index in [0.717, 1.165) is 0 Å². The summed E-state index contributed by atoms with van der Waals surface area (Å²) in [5.41, 5.74) is 1.77. The molecule has 0 amide bonds. The molecule has 70 valence electrons. The summed E-state index contributed by atoms with van der Waals surface area (Å²) in [6.07, 6.45) is 9.73. The van der Waals surface area contributed by atoms with Gasteiger partial charge in [-0.05, 0) is 0 Å². The van der Waals surface area contributed by atoms with Gasteiger partial charge in [0.2, 0.25) is 0 Å². The fraction of sp³-hybridized carbons (Fsp3) is 0.818. The standard InChI is InChI=1S/C11H22Ge/c1-12(2,3)10-9-11-7-5-4-6-8-11/h9H,4-8,10H2,1-3H3. The number of allylic oxidation sites excluding steroid dienone is 2. The van der Waals surface area contributed by atoms with Gasteiger partial charge in [0.25, 0.3) is 0 Å². The molecule has 0 radical (unpaired) electrons. The van der Waals surface area contributed by atoms with Crippen molar-refractivity contribution in [3.63, 3.8) is 0 Å². The van der Waals surface area contributed by atoms with E-state index in [1.54, 1.807) is 5.57 Å². The van der Waals surface area contributed by atoms with Crippen molar-refractivity contribution < 1.29 is 0 Å². The molecule has 1 saturated carbocycles. The molecular weight excluding hydrogens is 205 g/mol. The van der Waals surface area contributed by atoms with Crippen LogP contribution in [0.4, 0.5) is 0 Å². The third-order valence-electron chi connectivity index (χ3n) is 2.50. The van der Waals surface area contributed by atoms with Crippen LogP contribution in [-0.4, -0.2) is 13.3 Å². The molecule has 0 N–H and O–H groups in total. The van der Waals surface area contributed by atoms with Crippen molar-refractivity contribution in [1.29, 1.82) is 0 Å². The number of rotatable bonds is 2. The van der Waals surface area contributed by atoms with Crippen LogP contribution in [0.3, 0.4) is 0 Å². The normalized spacial score (nSPS) is 19.4. The molecule has 0 saturated heterocycles. The topological polar surface area (TPSA) is 0 Å². The van der Waals surface area contributed by atoms with E-state index in [-0.39, 0.29) is 0 Å². The van der Waals surface area contributed by atoms with Gasteiger partial charge in [-0.2, -0.15) is 0 Å². The molecular formula is C11H22Ge. The first-order valence-corrected chi connectivity index (χ1v) is 13.0. The zero-order chi connectivity index (χ0) is 9.03. The Morgan fingerprint density at radius 1 is 1.08 bits per heavy atom. The molecule has 1 rings (SSSR count). The van der Waals surface area contributed by atoms with Crippen LogP contribution < -0.4 is 0 Å². The summed E-state index contributed by atoms with van der Waals surface area (Å²) >= 11 is -1.27. The van der Waals surface area contributed by atoms with E-state index in [0.29, 0.717) is 0 Å². The van der Waals surface area contributed by atoms with Crippen LogP contribution >= 0.6 is 0 Å². The summed E-state index contributed by atoms with van der Waals surface area (Å²) in [6.45, 7) is 0. The van der Waals surface area contributed by atoms with Crippen LogP contribution in [0.1, 0.15) is 32.1 Å². The first-order valence-electron chi connectivity index (χ1n) is 5.26. The van der Waals surface area contributed by atoms with Crippen molar-refractivity contribution in [2.75, 3.05) is 0 Å². The third kappa shape index (κ3) is 4.34. The van der Waals surface area contributed by atoms with E-state index in [1.165, 1.54) is 37.4 Å². The molecule has 0 spiro atoms. The molecule has 0 aromatic rings. The van der Waals surface area contributed by atoms with Gasteiger partial charge in [0.1, 0.15) is 0 Å². The van der Waals surface area contributed by atoms with Crippen molar-refractivity contribution >= 4 is 13.3 Å². The van der Waals surface area contributed by atoms with Crippen molar-refractivity contribution in [2.45, 2.75) is 54.6 Å². The van der Waals surface area contributed by atoms with Gasteiger partial charge >= 0.3 is 79.5 Å². The monoisotopic (exact) mass is 228 g/mol. The van der Waals surface area contributed by atoms with Crippen molar-refractivity contribution in [1.82, 2.24) is 0 Å². The molecule has 0 aromatic carbocycles. The molecule has 12 heavy (non-hydrogen) atoms. The molecule has 0 nitrogen and oxygen atoms in total. The summed E-state index contributed by atoms with van der Waals surface area (Å²) in [6, 6.07) is 0. The molecule has 0 aromatic heterocycles. The molecule has 0 aliphatic heterocycles. The Hall–Kier alpha value is 0.283. The Bertz CT molecular complexity index is 154. The van der Waals surface area contributed by atoms with Gasteiger partial charge in [0.15, 0.2) is 0 Å². The number of hydrogen-bond donors (Lipinski definition) is 0. The minimum atomic E-state index is -1.27. The van der Waals surface area contributed by atoms with Crippen LogP contribution in [0.2, 0.25) is 22.5 Å². The fourth-order valence-corrected chi connectivity index (χ4v) is 3.55. The Kier molecular flexibility index (Phi) is 3.89. The molecule has 1 aliphatic carbocycles. The van der Waals surface area contributed by atoms with E-state index < -0.39 is 13.3 Å². The van der Waals surface area contributed by atoms with Gasteiger partial charge in [-0.25, -0.2) is 0 Å². The summed E-state index contributed by atoms with van der Waals surface area (Å²) in [5, 5.41) is 1.44. The first kappa shape index (κ1) is 10.4. The quantitative estimate of drug-likeness (QED) is 0.489.